The zero-order valence-corrected chi connectivity index (χ0v) is 15.7. The molecular weight excluding hydrogens is 376 g/mol. The quantitative estimate of drug-likeness (QED) is 0.535. The maximum absolute atomic E-state index is 6.47. The molecule has 28 heavy (non-hydrogen) atoms. The van der Waals surface area contributed by atoms with Gasteiger partial charge in [0, 0.05) is 65.4 Å². The van der Waals surface area contributed by atoms with Crippen LogP contribution in [0, 0.1) is 0 Å². The van der Waals surface area contributed by atoms with Crippen LogP contribution in [0.15, 0.2) is 41.2 Å². The molecule has 0 saturated heterocycles. The Hall–Kier alpha value is -2.83. The normalized spacial score (nSPS) is 18.1. The lowest BCUT2D eigenvalue weighted by Crippen LogP contribution is -2.24. The fraction of sp³-hybridized carbons (Fsp3) is 0.238. The van der Waals surface area contributed by atoms with Crippen molar-refractivity contribution in [1.29, 1.82) is 0 Å². The van der Waals surface area contributed by atoms with E-state index < -0.39 is 0 Å². The van der Waals surface area contributed by atoms with E-state index in [1.54, 1.807) is 6.20 Å². The molecule has 2 N–H and O–H groups in total. The van der Waals surface area contributed by atoms with E-state index in [9.17, 15) is 0 Å². The number of rotatable bonds is 2. The SMILES string of the molecule is Clc1cc2c(c(-c3ccnc4[nH]ccc34)c1)O[C@@H](c1onc3c1CNCC3)C2. The maximum atomic E-state index is 6.47. The highest BCUT2D eigenvalue weighted by Gasteiger charge is 2.34. The number of ether oxygens (including phenoxy) is 1. The van der Waals surface area contributed by atoms with Crippen LogP contribution in [0.3, 0.4) is 0 Å². The predicted molar refractivity (Wildman–Crippen MR) is 106 cm³/mol. The number of nitrogens with zero attached hydrogens (tertiary/aromatic N) is 2. The van der Waals surface area contributed by atoms with Gasteiger partial charge in [0.25, 0.3) is 0 Å². The van der Waals surface area contributed by atoms with Gasteiger partial charge in [0.15, 0.2) is 11.9 Å². The van der Waals surface area contributed by atoms with Crippen LogP contribution in [0.1, 0.15) is 28.7 Å². The highest BCUT2D eigenvalue weighted by molar-refractivity contribution is 6.31. The second-order valence-electron chi connectivity index (χ2n) is 7.25. The van der Waals surface area contributed by atoms with E-state index in [0.29, 0.717) is 11.4 Å². The van der Waals surface area contributed by atoms with Gasteiger partial charge in [-0.15, -0.1) is 0 Å². The monoisotopic (exact) mass is 392 g/mol. The van der Waals surface area contributed by atoms with Crippen molar-refractivity contribution < 1.29 is 9.26 Å². The number of hydrogen-bond donors (Lipinski definition) is 2. The lowest BCUT2D eigenvalue weighted by molar-refractivity contribution is 0.189. The first-order valence-electron chi connectivity index (χ1n) is 9.37. The molecule has 0 radical (unpaired) electrons. The molecule has 5 heterocycles. The third-order valence-electron chi connectivity index (χ3n) is 5.58. The minimum absolute atomic E-state index is 0.188. The van der Waals surface area contributed by atoms with Crippen molar-refractivity contribution in [2.45, 2.75) is 25.5 Å². The van der Waals surface area contributed by atoms with Crippen LogP contribution in [0.2, 0.25) is 5.02 Å². The van der Waals surface area contributed by atoms with E-state index in [1.807, 2.05) is 30.5 Å². The van der Waals surface area contributed by atoms with Gasteiger partial charge in [-0.3, -0.25) is 0 Å². The molecule has 7 heteroatoms. The molecule has 140 valence electrons. The van der Waals surface area contributed by atoms with Crippen LogP contribution in [0.4, 0.5) is 0 Å². The molecule has 2 aliphatic rings. The molecule has 1 atom stereocenters. The van der Waals surface area contributed by atoms with Crippen LogP contribution >= 0.6 is 11.6 Å². The van der Waals surface area contributed by atoms with E-state index in [-0.39, 0.29) is 6.10 Å². The fourth-order valence-corrected chi connectivity index (χ4v) is 4.52. The van der Waals surface area contributed by atoms with Gasteiger partial charge >= 0.3 is 0 Å². The Labute approximate surface area is 165 Å². The molecule has 0 unspecified atom stereocenters. The summed E-state index contributed by atoms with van der Waals surface area (Å²) in [5.74, 6) is 1.68. The number of aromatic nitrogens is 3. The number of hydrogen-bond acceptors (Lipinski definition) is 5. The Morgan fingerprint density at radius 3 is 3.11 bits per heavy atom. The first-order valence-corrected chi connectivity index (χ1v) is 9.75. The molecule has 3 aromatic heterocycles. The van der Waals surface area contributed by atoms with E-state index >= 15 is 0 Å². The Balaban J connectivity index is 1.46. The zero-order valence-electron chi connectivity index (χ0n) is 15.0. The molecule has 0 spiro atoms. The van der Waals surface area contributed by atoms with E-state index in [1.165, 1.54) is 0 Å². The summed E-state index contributed by atoms with van der Waals surface area (Å²) < 4.78 is 12.1. The largest absolute Gasteiger partial charge is 0.481 e. The Morgan fingerprint density at radius 1 is 1.18 bits per heavy atom. The van der Waals surface area contributed by atoms with Gasteiger partial charge in [0.1, 0.15) is 11.4 Å². The van der Waals surface area contributed by atoms with Crippen molar-refractivity contribution in [1.82, 2.24) is 20.4 Å². The van der Waals surface area contributed by atoms with Gasteiger partial charge in [-0.05, 0) is 29.8 Å². The topological polar surface area (TPSA) is 76.0 Å². The summed E-state index contributed by atoms with van der Waals surface area (Å²) in [6, 6.07) is 7.97. The maximum Gasteiger partial charge on any atom is 0.182 e. The summed E-state index contributed by atoms with van der Waals surface area (Å²) in [7, 11) is 0. The van der Waals surface area contributed by atoms with Crippen molar-refractivity contribution in [2.24, 2.45) is 0 Å². The average Bonchev–Trinajstić information content (AvgIpc) is 3.43. The summed E-state index contributed by atoms with van der Waals surface area (Å²) in [4.78, 5) is 7.55. The van der Waals surface area contributed by atoms with Crippen LogP contribution in [-0.4, -0.2) is 21.7 Å². The van der Waals surface area contributed by atoms with Gasteiger partial charge in [-0.25, -0.2) is 4.98 Å². The molecule has 0 fully saturated rings. The second-order valence-corrected chi connectivity index (χ2v) is 7.69. The standard InChI is InChI=1S/C21H17ClN4O2/c22-12-7-11-8-18(20-16-10-23-4-3-17(16)26-28-20)27-19(11)15(9-12)13-1-5-24-21-14(13)2-6-25-21/h1-2,5-7,9,18,23H,3-4,8,10H2,(H,24,25)/t18-/m1/s1. The molecule has 6 rings (SSSR count). The molecule has 0 bridgehead atoms. The molecule has 4 aromatic rings. The molecule has 2 aliphatic heterocycles. The number of halogens is 1. The minimum Gasteiger partial charge on any atom is -0.481 e. The van der Waals surface area contributed by atoms with E-state index in [0.717, 1.165) is 70.0 Å². The first kappa shape index (κ1) is 16.2. The Morgan fingerprint density at radius 2 is 2.14 bits per heavy atom. The van der Waals surface area contributed by atoms with Gasteiger partial charge in [0.2, 0.25) is 0 Å². The molecule has 0 saturated carbocycles. The summed E-state index contributed by atoms with van der Waals surface area (Å²) >= 11 is 6.47. The fourth-order valence-electron chi connectivity index (χ4n) is 4.28. The number of H-pyrrole nitrogens is 1. The Kier molecular flexibility index (Phi) is 3.51. The number of fused-ring (bicyclic) bond motifs is 3. The zero-order chi connectivity index (χ0) is 18.7. The van der Waals surface area contributed by atoms with E-state index in [2.05, 4.69) is 20.4 Å². The number of aromatic amines is 1. The number of nitrogens with one attached hydrogen (secondary N) is 2. The smallest absolute Gasteiger partial charge is 0.182 e. The lowest BCUT2D eigenvalue weighted by Gasteiger charge is -2.15. The van der Waals surface area contributed by atoms with Crippen LogP contribution in [-0.2, 0) is 19.4 Å². The third kappa shape index (κ3) is 2.38. The van der Waals surface area contributed by atoms with Gasteiger partial charge in [-0.1, -0.05) is 16.8 Å². The highest BCUT2D eigenvalue weighted by Crippen LogP contribution is 2.47. The van der Waals surface area contributed by atoms with Crippen molar-refractivity contribution in [3.8, 4) is 16.9 Å². The summed E-state index contributed by atoms with van der Waals surface area (Å²) in [6.45, 7) is 1.70. The minimum atomic E-state index is -0.188. The van der Waals surface area contributed by atoms with Crippen molar-refractivity contribution in [3.05, 3.63) is 64.3 Å². The molecule has 1 aromatic carbocycles. The summed E-state index contributed by atoms with van der Waals surface area (Å²) in [6.07, 6.45) is 5.10. The second kappa shape index (κ2) is 6.09. The van der Waals surface area contributed by atoms with Crippen LogP contribution < -0.4 is 10.1 Å². The molecule has 0 aliphatic carbocycles. The first-order chi connectivity index (χ1) is 13.8. The number of benzene rings is 1. The third-order valence-corrected chi connectivity index (χ3v) is 5.80. The van der Waals surface area contributed by atoms with E-state index in [4.69, 9.17) is 20.9 Å². The molecule has 0 amide bonds. The van der Waals surface area contributed by atoms with Gasteiger partial charge < -0.3 is 19.6 Å². The highest BCUT2D eigenvalue weighted by atomic mass is 35.5. The van der Waals surface area contributed by atoms with Gasteiger partial charge in [0.05, 0.1) is 5.69 Å². The average molecular weight is 393 g/mol. The van der Waals surface area contributed by atoms with Gasteiger partial charge in [-0.2, -0.15) is 0 Å². The Bertz CT molecular complexity index is 1210. The molecular formula is C21H17ClN4O2. The van der Waals surface area contributed by atoms with Crippen LogP contribution in [0.25, 0.3) is 22.2 Å². The van der Waals surface area contributed by atoms with Crippen LogP contribution in [0.5, 0.6) is 5.75 Å². The predicted octanol–water partition coefficient (Wildman–Crippen LogP) is 4.19. The molecule has 6 nitrogen and oxygen atoms in total. The van der Waals surface area contributed by atoms with Crippen molar-refractivity contribution >= 4 is 22.6 Å². The lowest BCUT2D eigenvalue weighted by atomic mass is 9.98. The number of pyridine rings is 1. The summed E-state index contributed by atoms with van der Waals surface area (Å²) in [5, 5.41) is 9.39. The van der Waals surface area contributed by atoms with Crippen molar-refractivity contribution in [3.63, 3.8) is 0 Å². The summed E-state index contributed by atoms with van der Waals surface area (Å²) in [5.41, 5.74) is 6.12. The van der Waals surface area contributed by atoms with Crippen molar-refractivity contribution in [2.75, 3.05) is 6.54 Å².